The van der Waals surface area contributed by atoms with Crippen LogP contribution in [0, 0.1) is 0 Å². The zero-order chi connectivity index (χ0) is 6.69. The Morgan fingerprint density at radius 2 is 2.44 bits per heavy atom. The summed E-state index contributed by atoms with van der Waals surface area (Å²) in [4.78, 5) is 4.17. The van der Waals surface area contributed by atoms with Crippen LogP contribution in [-0.4, -0.2) is 18.4 Å². The molecule has 0 aliphatic carbocycles. The number of nitrogens with zero attached hydrogens (tertiary/aromatic N) is 1. The summed E-state index contributed by atoms with van der Waals surface area (Å²) in [6.45, 7) is 5.05. The number of aliphatic imine (C=N–C) groups is 1. The van der Waals surface area contributed by atoms with E-state index >= 15 is 0 Å². The summed E-state index contributed by atoms with van der Waals surface area (Å²) in [7, 11) is 0. The molecule has 0 saturated carbocycles. The van der Waals surface area contributed by atoms with Crippen molar-refractivity contribution in [2.24, 2.45) is 4.99 Å². The molecule has 0 aromatic carbocycles. The number of nitrogens with one attached hydrogen (secondary N) is 1. The lowest BCUT2D eigenvalue weighted by Gasteiger charge is -2.06. The number of hydrogen-bond acceptors (Lipinski definition) is 2. The summed E-state index contributed by atoms with van der Waals surface area (Å²) in [6.07, 6.45) is 4.06. The Labute approximate surface area is 55.7 Å². The zero-order valence-electron chi connectivity index (χ0n) is 5.89. The Morgan fingerprint density at radius 3 is 2.89 bits per heavy atom. The normalized spacial score (nSPS) is 16.6. The molecule has 2 nitrogen and oxygen atoms in total. The fraction of sp³-hybridized carbons (Fsp3) is 0.571. The highest BCUT2D eigenvalue weighted by molar-refractivity contribution is 5.94. The molecule has 0 spiro atoms. The topological polar surface area (TPSA) is 24.4 Å². The predicted molar refractivity (Wildman–Crippen MR) is 39.7 cm³/mol. The first-order valence-corrected chi connectivity index (χ1v) is 3.26. The van der Waals surface area contributed by atoms with E-state index in [2.05, 4.69) is 24.2 Å². The Hall–Kier alpha value is -0.790. The first-order valence-electron chi connectivity index (χ1n) is 3.26. The number of rotatable bonds is 1. The third-order valence-electron chi connectivity index (χ3n) is 1.08. The van der Waals surface area contributed by atoms with Gasteiger partial charge in [0.25, 0.3) is 0 Å². The van der Waals surface area contributed by atoms with Crippen LogP contribution in [0.1, 0.15) is 13.8 Å². The van der Waals surface area contributed by atoms with Crippen LogP contribution in [0.4, 0.5) is 0 Å². The molecule has 0 amide bonds. The molecule has 9 heavy (non-hydrogen) atoms. The molecule has 0 atom stereocenters. The van der Waals surface area contributed by atoms with E-state index in [4.69, 9.17) is 0 Å². The smallest absolute Gasteiger partial charge is 0.121 e. The Kier molecular flexibility index (Phi) is 1.88. The van der Waals surface area contributed by atoms with Crippen LogP contribution < -0.4 is 5.32 Å². The van der Waals surface area contributed by atoms with Gasteiger partial charge in [-0.05, 0) is 19.9 Å². The summed E-state index contributed by atoms with van der Waals surface area (Å²) in [5, 5.41) is 3.20. The van der Waals surface area contributed by atoms with Crippen molar-refractivity contribution in [3.05, 3.63) is 12.2 Å². The van der Waals surface area contributed by atoms with Crippen LogP contribution in [0.5, 0.6) is 0 Å². The average Bonchev–Trinajstić information content (AvgIpc) is 2.15. The van der Waals surface area contributed by atoms with Gasteiger partial charge in [0.05, 0.1) is 6.54 Å². The molecule has 0 unspecified atom stereocenters. The number of hydrogen-bond donors (Lipinski definition) is 1. The highest BCUT2D eigenvalue weighted by Gasteiger charge is 1.98. The van der Waals surface area contributed by atoms with Gasteiger partial charge in [0.15, 0.2) is 0 Å². The molecular formula is C7H12N2. The van der Waals surface area contributed by atoms with Gasteiger partial charge in [0.2, 0.25) is 0 Å². The maximum Gasteiger partial charge on any atom is 0.121 e. The maximum atomic E-state index is 4.17. The van der Waals surface area contributed by atoms with Crippen molar-refractivity contribution >= 4 is 5.84 Å². The lowest BCUT2D eigenvalue weighted by Crippen LogP contribution is -2.27. The first kappa shape index (κ1) is 6.33. The first-order chi connectivity index (χ1) is 4.29. The highest BCUT2D eigenvalue weighted by Crippen LogP contribution is 1.91. The summed E-state index contributed by atoms with van der Waals surface area (Å²) < 4.78 is 0. The second-order valence-electron chi connectivity index (χ2n) is 2.43. The Bertz CT molecular complexity index is 145. The van der Waals surface area contributed by atoms with Gasteiger partial charge in [-0.15, -0.1) is 0 Å². The van der Waals surface area contributed by atoms with Crippen molar-refractivity contribution < 1.29 is 0 Å². The lowest BCUT2D eigenvalue weighted by atomic mass is 10.4. The Balaban J connectivity index is 2.35. The second-order valence-corrected chi connectivity index (χ2v) is 2.43. The van der Waals surface area contributed by atoms with E-state index in [1.54, 1.807) is 0 Å². The third-order valence-corrected chi connectivity index (χ3v) is 1.08. The maximum absolute atomic E-state index is 4.17. The van der Waals surface area contributed by atoms with Crippen molar-refractivity contribution in [3.63, 3.8) is 0 Å². The van der Waals surface area contributed by atoms with Crippen LogP contribution in [0.3, 0.4) is 0 Å². The fourth-order valence-corrected chi connectivity index (χ4v) is 0.758. The fourth-order valence-electron chi connectivity index (χ4n) is 0.758. The van der Waals surface area contributed by atoms with Gasteiger partial charge in [0.1, 0.15) is 5.84 Å². The lowest BCUT2D eigenvalue weighted by molar-refractivity contribution is 0.735. The van der Waals surface area contributed by atoms with Crippen molar-refractivity contribution in [1.82, 2.24) is 5.32 Å². The van der Waals surface area contributed by atoms with E-state index in [1.165, 1.54) is 0 Å². The molecule has 0 radical (unpaired) electrons. The van der Waals surface area contributed by atoms with E-state index in [1.807, 2.05) is 12.2 Å². The monoisotopic (exact) mass is 124 g/mol. The molecule has 1 aliphatic rings. The van der Waals surface area contributed by atoms with Gasteiger partial charge in [-0.1, -0.05) is 6.08 Å². The van der Waals surface area contributed by atoms with Crippen molar-refractivity contribution in [2.45, 2.75) is 19.9 Å². The molecule has 1 N–H and O–H groups in total. The molecular weight excluding hydrogens is 112 g/mol. The van der Waals surface area contributed by atoms with Crippen LogP contribution in [0.15, 0.2) is 17.1 Å². The summed E-state index contributed by atoms with van der Waals surface area (Å²) >= 11 is 0. The van der Waals surface area contributed by atoms with Crippen LogP contribution in [0.25, 0.3) is 0 Å². The zero-order valence-corrected chi connectivity index (χ0v) is 5.89. The highest BCUT2D eigenvalue weighted by atomic mass is 15.0. The number of amidine groups is 1. The SMILES string of the molecule is CC(C)NC1=NCC=C1. The van der Waals surface area contributed by atoms with Gasteiger partial charge in [-0.25, -0.2) is 0 Å². The average molecular weight is 124 g/mol. The minimum atomic E-state index is 0.492. The van der Waals surface area contributed by atoms with E-state index in [-0.39, 0.29) is 0 Å². The van der Waals surface area contributed by atoms with Crippen LogP contribution >= 0.6 is 0 Å². The molecule has 1 rings (SSSR count). The van der Waals surface area contributed by atoms with E-state index in [0.29, 0.717) is 6.04 Å². The van der Waals surface area contributed by atoms with Crippen LogP contribution in [0.2, 0.25) is 0 Å². The molecule has 50 valence electrons. The second kappa shape index (κ2) is 2.67. The van der Waals surface area contributed by atoms with E-state index in [0.717, 1.165) is 12.4 Å². The van der Waals surface area contributed by atoms with Crippen molar-refractivity contribution in [2.75, 3.05) is 6.54 Å². The van der Waals surface area contributed by atoms with Gasteiger partial charge < -0.3 is 5.32 Å². The largest absolute Gasteiger partial charge is 0.368 e. The van der Waals surface area contributed by atoms with Crippen molar-refractivity contribution in [1.29, 1.82) is 0 Å². The molecule has 2 heteroatoms. The summed E-state index contributed by atoms with van der Waals surface area (Å²) in [5.74, 6) is 1.02. The van der Waals surface area contributed by atoms with Crippen LogP contribution in [-0.2, 0) is 0 Å². The quantitative estimate of drug-likeness (QED) is 0.553. The van der Waals surface area contributed by atoms with Gasteiger partial charge >= 0.3 is 0 Å². The van der Waals surface area contributed by atoms with Gasteiger partial charge in [-0.2, -0.15) is 0 Å². The molecule has 0 aromatic heterocycles. The summed E-state index contributed by atoms with van der Waals surface area (Å²) in [6, 6.07) is 0.492. The molecule has 0 bridgehead atoms. The molecule has 0 fully saturated rings. The molecule has 0 aromatic rings. The Morgan fingerprint density at radius 1 is 1.67 bits per heavy atom. The van der Waals surface area contributed by atoms with Crippen molar-refractivity contribution in [3.8, 4) is 0 Å². The third kappa shape index (κ3) is 1.88. The molecule has 1 aliphatic heterocycles. The minimum absolute atomic E-state index is 0.492. The molecule has 0 saturated heterocycles. The molecule has 1 heterocycles. The standard InChI is InChI=1S/C7H12N2/c1-6(2)9-7-4-3-5-8-7/h3-4,6H,5H2,1-2H3,(H,8,9). The summed E-state index contributed by atoms with van der Waals surface area (Å²) in [5.41, 5.74) is 0. The van der Waals surface area contributed by atoms with Gasteiger partial charge in [-0.3, -0.25) is 4.99 Å². The minimum Gasteiger partial charge on any atom is -0.368 e. The van der Waals surface area contributed by atoms with E-state index < -0.39 is 0 Å². The predicted octanol–water partition coefficient (Wildman–Crippen LogP) is 0.953. The van der Waals surface area contributed by atoms with Gasteiger partial charge in [0, 0.05) is 6.04 Å². The van der Waals surface area contributed by atoms with E-state index in [9.17, 15) is 0 Å².